The van der Waals surface area contributed by atoms with E-state index >= 15 is 0 Å². The van der Waals surface area contributed by atoms with Gasteiger partial charge in [-0.2, -0.15) is 8.34 Å². The Morgan fingerprint density at radius 2 is 1.03 bits per heavy atom. The third-order valence-corrected chi connectivity index (χ3v) is 23.8. The van der Waals surface area contributed by atoms with Crippen molar-refractivity contribution in [2.45, 2.75) is 107 Å². The smallest absolute Gasteiger partial charge is 0.184 e. The first kappa shape index (κ1) is 30.0. The molecule has 0 aliphatic heterocycles. The van der Waals surface area contributed by atoms with E-state index in [1.807, 2.05) is 0 Å². The summed E-state index contributed by atoms with van der Waals surface area (Å²) in [6.07, 6.45) is 9.63. The van der Waals surface area contributed by atoms with Gasteiger partial charge in [0.15, 0.2) is 5.69 Å². The van der Waals surface area contributed by atoms with Crippen LogP contribution in [0.15, 0.2) is 0 Å². The number of rotatable bonds is 16. The Kier molecular flexibility index (Phi) is 14.1. The summed E-state index contributed by atoms with van der Waals surface area (Å²) in [6.45, 7) is 18.2. The van der Waals surface area contributed by atoms with Crippen LogP contribution in [-0.4, -0.2) is 32.8 Å². The van der Waals surface area contributed by atoms with Gasteiger partial charge in [-0.05, 0) is 59.5 Å². The molecule has 2 N–H and O–H groups in total. The summed E-state index contributed by atoms with van der Waals surface area (Å²) in [5.74, 6) is 6.11. The maximum Gasteiger partial charge on any atom is 0.184 e. The standard InChI is InChI=1S/C24H55O2PS2/c1-9-13-15-23(11-3)19-29(17-21(5)6,18-22(7)8,27(25,26)28)20-24(12-4)16-14-10-2/h21-26,28H,9-20H2,1-8H3. The molecule has 5 heteroatoms. The van der Waals surface area contributed by atoms with Crippen molar-refractivity contribution in [3.8, 4) is 0 Å². The second kappa shape index (κ2) is 13.6. The van der Waals surface area contributed by atoms with E-state index < -0.39 is 14.0 Å². The Bertz CT molecular complexity index is 491. The lowest BCUT2D eigenvalue weighted by Crippen LogP contribution is -2.53. The first-order valence-electron chi connectivity index (χ1n) is 12.3. The fourth-order valence-electron chi connectivity index (χ4n) is 5.53. The van der Waals surface area contributed by atoms with Gasteiger partial charge in [-0.25, -0.2) is 0 Å². The van der Waals surface area contributed by atoms with E-state index in [4.69, 9.17) is 12.2 Å². The highest BCUT2D eigenvalue weighted by atomic mass is 33.0. The lowest BCUT2D eigenvalue weighted by molar-refractivity contribution is 0.473. The van der Waals surface area contributed by atoms with Gasteiger partial charge in [-0.1, -0.05) is 106 Å². The molecular weight excluding hydrogens is 415 g/mol. The summed E-state index contributed by atoms with van der Waals surface area (Å²) >= 11 is 4.75. The summed E-state index contributed by atoms with van der Waals surface area (Å²) < 4.78 is 0. The third-order valence-electron chi connectivity index (χ3n) is 6.63. The zero-order chi connectivity index (χ0) is 22.7. The van der Waals surface area contributed by atoms with Crippen molar-refractivity contribution in [1.29, 1.82) is 0 Å². The van der Waals surface area contributed by atoms with Crippen LogP contribution in [0.2, 0.25) is 0 Å². The van der Waals surface area contributed by atoms with Gasteiger partial charge in [0.1, 0.15) is 0 Å². The van der Waals surface area contributed by atoms with Crippen LogP contribution in [0.1, 0.15) is 107 Å². The molecule has 0 aromatic carbocycles. The Hall–Kier alpha value is 1.05. The van der Waals surface area contributed by atoms with E-state index in [9.17, 15) is 9.79 Å². The van der Waals surface area contributed by atoms with Crippen LogP contribution in [0.3, 0.4) is 0 Å². The molecule has 0 radical (unpaired) electrons. The quantitative estimate of drug-likeness (QED) is 0.158. The monoisotopic (exact) mass is 470 g/mol. The summed E-state index contributed by atoms with van der Waals surface area (Å²) in [4.78, 5) is 23.2. The largest absolute Gasteiger partial charge is 0.342 e. The number of hydrogen-bond donors (Lipinski definition) is 3. The zero-order valence-corrected chi connectivity index (χ0v) is 23.6. The van der Waals surface area contributed by atoms with Crippen molar-refractivity contribution in [2.24, 2.45) is 23.7 Å². The molecule has 180 valence electrons. The summed E-state index contributed by atoms with van der Waals surface area (Å²) in [5.41, 5.74) is -3.29. The SMILES string of the molecule is CCCCC(CC)CS(CC(C)C)(CC(C)C)(CC(CC)CCCC)=P(O)(O)S. The molecule has 0 aliphatic rings. The molecule has 29 heavy (non-hydrogen) atoms. The Balaban J connectivity index is 6.72. The summed E-state index contributed by atoms with van der Waals surface area (Å²) in [6, 6.07) is 0. The minimum atomic E-state index is -3.29. The summed E-state index contributed by atoms with van der Waals surface area (Å²) in [5, 5.41) is 0. The van der Waals surface area contributed by atoms with Crippen molar-refractivity contribution in [2.75, 3.05) is 23.0 Å². The molecule has 0 aromatic heterocycles. The fourth-order valence-corrected chi connectivity index (χ4v) is 21.6. The second-order valence-corrected chi connectivity index (χ2v) is 23.5. The van der Waals surface area contributed by atoms with Gasteiger partial charge >= 0.3 is 0 Å². The van der Waals surface area contributed by atoms with Crippen LogP contribution in [0.5, 0.6) is 0 Å². The van der Waals surface area contributed by atoms with E-state index in [-0.39, 0.29) is 0 Å². The number of unbranched alkanes of at least 4 members (excludes halogenated alkanes) is 2. The predicted octanol–water partition coefficient (Wildman–Crippen LogP) is 8.01. The summed E-state index contributed by atoms with van der Waals surface area (Å²) in [7, 11) is -2.53. The average Bonchev–Trinajstić information content (AvgIpc) is 2.60. The highest BCUT2D eigenvalue weighted by Gasteiger charge is 2.45. The molecule has 0 fully saturated rings. The highest BCUT2D eigenvalue weighted by molar-refractivity contribution is 8.75. The lowest BCUT2D eigenvalue weighted by Gasteiger charge is -2.58. The van der Waals surface area contributed by atoms with Crippen LogP contribution in [0, 0.1) is 23.7 Å². The molecule has 2 atom stereocenters. The van der Waals surface area contributed by atoms with Crippen LogP contribution in [-0.2, 0) is 8.34 Å². The van der Waals surface area contributed by atoms with E-state index in [1.54, 1.807) is 0 Å². The van der Waals surface area contributed by atoms with Crippen LogP contribution >= 0.6 is 17.9 Å². The first-order chi connectivity index (χ1) is 13.4. The van der Waals surface area contributed by atoms with E-state index in [0.29, 0.717) is 23.7 Å². The van der Waals surface area contributed by atoms with E-state index in [0.717, 1.165) is 35.9 Å². The Morgan fingerprint density at radius 1 is 0.690 bits per heavy atom. The third kappa shape index (κ3) is 8.83. The molecule has 0 aliphatic carbocycles. The molecule has 2 unspecified atom stereocenters. The average molecular weight is 471 g/mol. The Labute approximate surface area is 189 Å². The molecule has 0 rings (SSSR count). The molecule has 0 spiro atoms. The molecular formula is C24H55O2PS2. The van der Waals surface area contributed by atoms with Crippen molar-refractivity contribution < 1.29 is 9.79 Å². The molecule has 0 amide bonds. The van der Waals surface area contributed by atoms with E-state index in [2.05, 4.69) is 55.4 Å². The van der Waals surface area contributed by atoms with Crippen molar-refractivity contribution in [3.05, 3.63) is 0 Å². The molecule has 0 aromatic rings. The van der Waals surface area contributed by atoms with Crippen LogP contribution < -0.4 is 0 Å². The van der Waals surface area contributed by atoms with Crippen LogP contribution in [0.25, 0.3) is 0 Å². The van der Waals surface area contributed by atoms with E-state index in [1.165, 1.54) is 38.5 Å². The maximum atomic E-state index is 11.6. The van der Waals surface area contributed by atoms with Gasteiger partial charge in [0.2, 0.25) is 0 Å². The van der Waals surface area contributed by atoms with Gasteiger partial charge in [0.05, 0.1) is 0 Å². The minimum Gasteiger partial charge on any atom is -0.342 e. The van der Waals surface area contributed by atoms with Crippen molar-refractivity contribution in [3.63, 3.8) is 0 Å². The van der Waals surface area contributed by atoms with Gasteiger partial charge in [-0.3, -0.25) is 0 Å². The number of hydrogen-bond acceptors (Lipinski definition) is 0. The second-order valence-electron chi connectivity index (χ2n) is 10.5. The first-order valence-corrected chi connectivity index (χ1v) is 18.5. The normalized spacial score (nSPS) is 16.8. The zero-order valence-electron chi connectivity index (χ0n) is 21.0. The predicted molar refractivity (Wildman–Crippen MR) is 143 cm³/mol. The Morgan fingerprint density at radius 3 is 1.24 bits per heavy atom. The lowest BCUT2D eigenvalue weighted by atomic mass is 10.0. The molecule has 0 saturated heterocycles. The minimum absolute atomic E-state index is 0.467. The molecule has 0 bridgehead atoms. The van der Waals surface area contributed by atoms with Gasteiger partial charge in [0, 0.05) is 0 Å². The van der Waals surface area contributed by atoms with Crippen molar-refractivity contribution in [1.82, 2.24) is 0 Å². The van der Waals surface area contributed by atoms with Gasteiger partial charge in [-0.15, -0.1) is 0 Å². The fraction of sp³-hybridized carbons (Fsp3) is 1.00. The van der Waals surface area contributed by atoms with Crippen LogP contribution in [0.4, 0.5) is 0 Å². The van der Waals surface area contributed by atoms with Crippen molar-refractivity contribution >= 4 is 26.3 Å². The molecule has 0 saturated carbocycles. The molecule has 0 heterocycles. The molecule has 2 nitrogen and oxygen atoms in total. The number of thiol groups is 1. The van der Waals surface area contributed by atoms with Gasteiger partial charge < -0.3 is 9.79 Å². The van der Waals surface area contributed by atoms with Gasteiger partial charge in [0.25, 0.3) is 0 Å². The highest BCUT2D eigenvalue weighted by Crippen LogP contribution is 2.64. The topological polar surface area (TPSA) is 40.5 Å². The maximum absolute atomic E-state index is 11.6.